The van der Waals surface area contributed by atoms with Crippen LogP contribution in [-0.2, 0) is 0 Å². The third-order valence-corrected chi connectivity index (χ3v) is 4.74. The van der Waals surface area contributed by atoms with Gasteiger partial charge in [-0.15, -0.1) is 0 Å². The number of benzene rings is 1. The van der Waals surface area contributed by atoms with Crippen molar-refractivity contribution in [2.75, 3.05) is 20.1 Å². The second-order valence-electron chi connectivity index (χ2n) is 6.02. The van der Waals surface area contributed by atoms with Crippen LogP contribution in [0.1, 0.15) is 36.0 Å². The summed E-state index contributed by atoms with van der Waals surface area (Å²) in [6, 6.07) is 3.68. The number of halogens is 2. The van der Waals surface area contributed by atoms with Crippen molar-refractivity contribution < 1.29 is 13.6 Å². The Morgan fingerprint density at radius 2 is 1.86 bits per heavy atom. The predicted octanol–water partition coefficient (Wildman–Crippen LogP) is 2.66. The fourth-order valence-corrected chi connectivity index (χ4v) is 3.68. The highest BCUT2D eigenvalue weighted by Gasteiger charge is 2.39. The molecular formula is C16H20F2N2O. The quantitative estimate of drug-likeness (QED) is 0.837. The normalized spacial score (nSPS) is 26.5. The number of rotatable bonds is 2. The van der Waals surface area contributed by atoms with E-state index < -0.39 is 11.6 Å². The molecule has 0 N–H and O–H groups in total. The summed E-state index contributed by atoms with van der Waals surface area (Å²) in [4.78, 5) is 16.7. The van der Waals surface area contributed by atoms with Gasteiger partial charge in [-0.05, 0) is 51.4 Å². The van der Waals surface area contributed by atoms with Crippen LogP contribution in [0.3, 0.4) is 0 Å². The second kappa shape index (κ2) is 5.72. The van der Waals surface area contributed by atoms with Gasteiger partial charge in [0, 0.05) is 24.7 Å². The van der Waals surface area contributed by atoms with Crippen LogP contribution in [-0.4, -0.2) is 47.9 Å². The molecule has 0 aromatic heterocycles. The highest BCUT2D eigenvalue weighted by molar-refractivity contribution is 5.95. The fraction of sp³-hybridized carbons (Fsp3) is 0.562. The summed E-state index contributed by atoms with van der Waals surface area (Å²) in [5.41, 5.74) is -0.0241. The third-order valence-electron chi connectivity index (χ3n) is 4.74. The van der Waals surface area contributed by atoms with Gasteiger partial charge in [0.05, 0.1) is 5.56 Å². The number of likely N-dealkylation sites (N-methyl/N-ethyl adjacent to an activating group) is 1. The topological polar surface area (TPSA) is 23.6 Å². The fourth-order valence-electron chi connectivity index (χ4n) is 3.68. The summed E-state index contributed by atoms with van der Waals surface area (Å²) >= 11 is 0. The molecule has 114 valence electrons. The van der Waals surface area contributed by atoms with Gasteiger partial charge in [0.15, 0.2) is 0 Å². The number of carbonyl (C=O) groups excluding carboxylic acids is 1. The molecule has 2 aliphatic rings. The van der Waals surface area contributed by atoms with E-state index in [0.717, 1.165) is 44.4 Å². The Bertz CT molecular complexity index is 549. The van der Waals surface area contributed by atoms with Gasteiger partial charge in [-0.3, -0.25) is 4.79 Å². The number of hydrogen-bond acceptors (Lipinski definition) is 2. The number of amides is 1. The highest BCUT2D eigenvalue weighted by atomic mass is 19.1. The maximum absolute atomic E-state index is 13.8. The molecule has 0 unspecified atom stereocenters. The molecule has 0 spiro atoms. The lowest BCUT2D eigenvalue weighted by molar-refractivity contribution is 0.0659. The molecule has 2 atom stereocenters. The molecule has 1 amide bonds. The molecular weight excluding hydrogens is 274 g/mol. The number of likely N-dealkylation sites (tertiary alicyclic amines) is 2. The minimum absolute atomic E-state index is 0.0241. The smallest absolute Gasteiger partial charge is 0.257 e. The van der Waals surface area contributed by atoms with E-state index in [9.17, 15) is 13.6 Å². The van der Waals surface area contributed by atoms with Crippen molar-refractivity contribution in [3.05, 3.63) is 35.4 Å². The molecule has 0 bridgehead atoms. The van der Waals surface area contributed by atoms with Crippen LogP contribution in [0.2, 0.25) is 0 Å². The first-order valence-corrected chi connectivity index (χ1v) is 7.54. The molecule has 0 radical (unpaired) electrons. The van der Waals surface area contributed by atoms with Crippen molar-refractivity contribution in [3.63, 3.8) is 0 Å². The van der Waals surface area contributed by atoms with Crippen LogP contribution in [0, 0.1) is 11.6 Å². The zero-order chi connectivity index (χ0) is 15.0. The van der Waals surface area contributed by atoms with Crippen LogP contribution in [0.25, 0.3) is 0 Å². The first kappa shape index (κ1) is 14.4. The van der Waals surface area contributed by atoms with Gasteiger partial charge in [0.1, 0.15) is 11.6 Å². The molecule has 5 heteroatoms. The third kappa shape index (κ3) is 2.67. The molecule has 2 saturated heterocycles. The van der Waals surface area contributed by atoms with Gasteiger partial charge < -0.3 is 9.80 Å². The summed E-state index contributed by atoms with van der Waals surface area (Å²) in [7, 11) is 2.08. The van der Waals surface area contributed by atoms with Crippen LogP contribution in [0.5, 0.6) is 0 Å². The van der Waals surface area contributed by atoms with E-state index >= 15 is 0 Å². The lowest BCUT2D eigenvalue weighted by Gasteiger charge is -2.33. The largest absolute Gasteiger partial charge is 0.334 e. The van der Waals surface area contributed by atoms with Gasteiger partial charge in [-0.2, -0.15) is 0 Å². The maximum Gasteiger partial charge on any atom is 0.257 e. The molecule has 21 heavy (non-hydrogen) atoms. The number of carbonyl (C=O) groups is 1. The van der Waals surface area contributed by atoms with E-state index in [1.807, 2.05) is 0 Å². The standard InChI is InChI=1S/C16H20F2N2O/c1-19-8-2-4-14(19)15-5-3-9-20(15)16(21)12-7-6-11(17)10-13(12)18/h6-7,10,14-15H,2-5,8-9H2,1H3/t14-,15+/m0/s1. The van der Waals surface area contributed by atoms with Crippen LogP contribution in [0.15, 0.2) is 18.2 Å². The van der Waals surface area contributed by atoms with Crippen molar-refractivity contribution >= 4 is 5.91 Å². The van der Waals surface area contributed by atoms with Crippen molar-refractivity contribution in [1.29, 1.82) is 0 Å². The van der Waals surface area contributed by atoms with E-state index in [1.165, 1.54) is 6.07 Å². The van der Waals surface area contributed by atoms with E-state index in [4.69, 9.17) is 0 Å². The monoisotopic (exact) mass is 294 g/mol. The predicted molar refractivity (Wildman–Crippen MR) is 76.1 cm³/mol. The maximum atomic E-state index is 13.8. The van der Waals surface area contributed by atoms with Gasteiger partial charge in [-0.1, -0.05) is 0 Å². The Morgan fingerprint density at radius 3 is 2.52 bits per heavy atom. The lowest BCUT2D eigenvalue weighted by Crippen LogP contribution is -2.47. The zero-order valence-corrected chi connectivity index (χ0v) is 12.2. The SMILES string of the molecule is CN1CCC[C@H]1[C@H]1CCCN1C(=O)c1ccc(F)cc1F. The molecule has 3 nitrogen and oxygen atoms in total. The molecule has 2 aliphatic heterocycles. The molecule has 0 saturated carbocycles. The molecule has 0 aliphatic carbocycles. The minimum atomic E-state index is -0.773. The van der Waals surface area contributed by atoms with Gasteiger partial charge in [-0.25, -0.2) is 8.78 Å². The highest BCUT2D eigenvalue weighted by Crippen LogP contribution is 2.30. The van der Waals surface area contributed by atoms with E-state index in [2.05, 4.69) is 11.9 Å². The Morgan fingerprint density at radius 1 is 1.14 bits per heavy atom. The van der Waals surface area contributed by atoms with Gasteiger partial charge >= 0.3 is 0 Å². The molecule has 1 aromatic rings. The first-order valence-electron chi connectivity index (χ1n) is 7.54. The molecule has 2 fully saturated rings. The zero-order valence-electron chi connectivity index (χ0n) is 12.2. The Labute approximate surface area is 123 Å². The Hall–Kier alpha value is -1.49. The number of hydrogen-bond donors (Lipinski definition) is 0. The summed E-state index contributed by atoms with van der Waals surface area (Å²) in [6.45, 7) is 1.71. The van der Waals surface area contributed by atoms with Crippen molar-refractivity contribution in [2.24, 2.45) is 0 Å². The van der Waals surface area contributed by atoms with E-state index in [1.54, 1.807) is 4.90 Å². The summed E-state index contributed by atoms with van der Waals surface area (Å²) in [6.07, 6.45) is 4.13. The summed E-state index contributed by atoms with van der Waals surface area (Å²) in [5, 5.41) is 0. The summed E-state index contributed by atoms with van der Waals surface area (Å²) < 4.78 is 26.8. The Balaban J connectivity index is 1.82. The van der Waals surface area contributed by atoms with Crippen LogP contribution < -0.4 is 0 Å². The van der Waals surface area contributed by atoms with Crippen molar-refractivity contribution in [2.45, 2.75) is 37.8 Å². The minimum Gasteiger partial charge on any atom is -0.334 e. The molecule has 1 aromatic carbocycles. The van der Waals surface area contributed by atoms with Gasteiger partial charge in [0.2, 0.25) is 0 Å². The number of nitrogens with zero attached hydrogens (tertiary/aromatic N) is 2. The Kier molecular flexibility index (Phi) is 3.93. The second-order valence-corrected chi connectivity index (χ2v) is 6.02. The first-order chi connectivity index (χ1) is 10.1. The van der Waals surface area contributed by atoms with E-state index in [-0.39, 0.29) is 17.5 Å². The van der Waals surface area contributed by atoms with Crippen molar-refractivity contribution in [3.8, 4) is 0 Å². The van der Waals surface area contributed by atoms with Crippen LogP contribution >= 0.6 is 0 Å². The molecule has 2 heterocycles. The van der Waals surface area contributed by atoms with Gasteiger partial charge in [0.25, 0.3) is 5.91 Å². The lowest BCUT2D eigenvalue weighted by atomic mass is 10.0. The van der Waals surface area contributed by atoms with Crippen molar-refractivity contribution in [1.82, 2.24) is 9.80 Å². The average Bonchev–Trinajstić information content (AvgIpc) is 3.06. The van der Waals surface area contributed by atoms with E-state index in [0.29, 0.717) is 12.6 Å². The molecule has 3 rings (SSSR count). The average molecular weight is 294 g/mol. The summed E-state index contributed by atoms with van der Waals surface area (Å²) in [5.74, 6) is -1.74. The van der Waals surface area contributed by atoms with Crippen LogP contribution in [0.4, 0.5) is 8.78 Å².